The van der Waals surface area contributed by atoms with Gasteiger partial charge in [-0.3, -0.25) is 9.59 Å². The third-order valence-corrected chi connectivity index (χ3v) is 5.01. The molecule has 1 aromatic carbocycles. The van der Waals surface area contributed by atoms with Crippen LogP contribution in [0.2, 0.25) is 0 Å². The van der Waals surface area contributed by atoms with Crippen LogP contribution in [0, 0.1) is 11.8 Å². The number of phenolic OH excluding ortho intramolecular Hbond substituents is 1. The van der Waals surface area contributed by atoms with Crippen molar-refractivity contribution in [3.8, 4) is 11.5 Å². The molecule has 0 radical (unpaired) electrons. The molecule has 0 saturated carbocycles. The molecule has 136 valence electrons. The van der Waals surface area contributed by atoms with Crippen LogP contribution in [0.4, 0.5) is 0 Å². The predicted octanol–water partition coefficient (Wildman–Crippen LogP) is 2.91. The predicted molar refractivity (Wildman–Crippen MR) is 90.7 cm³/mol. The summed E-state index contributed by atoms with van der Waals surface area (Å²) in [7, 11) is 1.46. The number of ketones is 2. The number of benzene rings is 1. The Morgan fingerprint density at radius 3 is 2.60 bits per heavy atom. The number of cyclic esters (lactones) is 1. The molecule has 1 aliphatic rings. The van der Waals surface area contributed by atoms with Crippen molar-refractivity contribution in [1.82, 2.24) is 0 Å². The number of hydrogen-bond donors (Lipinski definition) is 1. The second kappa shape index (κ2) is 7.25. The first-order valence-electron chi connectivity index (χ1n) is 8.33. The van der Waals surface area contributed by atoms with Crippen molar-refractivity contribution in [2.45, 2.75) is 45.6 Å². The van der Waals surface area contributed by atoms with Gasteiger partial charge in [-0.05, 0) is 38.8 Å². The van der Waals surface area contributed by atoms with Gasteiger partial charge in [0.05, 0.1) is 12.7 Å². The van der Waals surface area contributed by atoms with Gasteiger partial charge in [0.1, 0.15) is 28.8 Å². The summed E-state index contributed by atoms with van der Waals surface area (Å²) >= 11 is 0. The van der Waals surface area contributed by atoms with Gasteiger partial charge in [0.15, 0.2) is 5.78 Å². The van der Waals surface area contributed by atoms with Crippen molar-refractivity contribution in [3.63, 3.8) is 0 Å². The number of hydrogen-bond acceptors (Lipinski definition) is 6. The van der Waals surface area contributed by atoms with Gasteiger partial charge >= 0.3 is 5.97 Å². The van der Waals surface area contributed by atoms with E-state index >= 15 is 0 Å². The molecule has 25 heavy (non-hydrogen) atoms. The molecule has 0 bridgehead atoms. The van der Waals surface area contributed by atoms with Gasteiger partial charge in [-0.1, -0.05) is 6.92 Å². The molecule has 0 aliphatic carbocycles. The fourth-order valence-electron chi connectivity index (χ4n) is 3.26. The Hall–Kier alpha value is -2.37. The summed E-state index contributed by atoms with van der Waals surface area (Å²) in [6.07, 6.45) is 1.52. The van der Waals surface area contributed by atoms with Crippen molar-refractivity contribution >= 4 is 17.5 Å². The van der Waals surface area contributed by atoms with E-state index < -0.39 is 23.3 Å². The molecule has 2 rings (SSSR count). The monoisotopic (exact) mass is 348 g/mol. The minimum absolute atomic E-state index is 0.0718. The van der Waals surface area contributed by atoms with Crippen LogP contribution in [0.25, 0.3) is 0 Å². The topological polar surface area (TPSA) is 89.9 Å². The van der Waals surface area contributed by atoms with Crippen LogP contribution in [0.1, 0.15) is 50.4 Å². The van der Waals surface area contributed by atoms with Gasteiger partial charge in [-0.15, -0.1) is 0 Å². The van der Waals surface area contributed by atoms with Crippen molar-refractivity contribution in [2.24, 2.45) is 11.8 Å². The maximum absolute atomic E-state index is 12.8. The van der Waals surface area contributed by atoms with E-state index in [4.69, 9.17) is 9.47 Å². The highest BCUT2D eigenvalue weighted by Crippen LogP contribution is 2.42. The van der Waals surface area contributed by atoms with E-state index in [0.717, 1.165) is 0 Å². The first kappa shape index (κ1) is 19.0. The molecule has 1 heterocycles. The second-order valence-corrected chi connectivity index (χ2v) is 6.80. The first-order chi connectivity index (χ1) is 11.7. The summed E-state index contributed by atoms with van der Waals surface area (Å²) < 4.78 is 10.5. The summed E-state index contributed by atoms with van der Waals surface area (Å²) in [6, 6.07) is 4.34. The number of ether oxygens (including phenoxy) is 2. The number of carbonyl (C=O) groups is 3. The average Bonchev–Trinajstić information content (AvgIpc) is 2.75. The Morgan fingerprint density at radius 1 is 1.36 bits per heavy atom. The van der Waals surface area contributed by atoms with Crippen molar-refractivity contribution in [1.29, 1.82) is 0 Å². The smallest absolute Gasteiger partial charge is 0.317 e. The lowest BCUT2D eigenvalue weighted by atomic mass is 9.77. The molecule has 1 aromatic rings. The summed E-state index contributed by atoms with van der Waals surface area (Å²) in [5.41, 5.74) is -0.725. The van der Waals surface area contributed by atoms with Crippen molar-refractivity contribution < 1.29 is 29.0 Å². The number of esters is 1. The molecule has 0 unspecified atom stereocenters. The Kier molecular flexibility index (Phi) is 5.50. The largest absolute Gasteiger partial charge is 0.507 e. The highest BCUT2D eigenvalue weighted by molar-refractivity contribution is 6.11. The van der Waals surface area contributed by atoms with Crippen LogP contribution in [0.3, 0.4) is 0 Å². The van der Waals surface area contributed by atoms with Gasteiger partial charge in [0, 0.05) is 18.4 Å². The number of aromatic hydroxyl groups is 1. The molecule has 1 aliphatic heterocycles. The number of Topliss-reactive ketones (excluding diaryl/α,β-unsaturated/α-hetero) is 2. The van der Waals surface area contributed by atoms with Crippen LogP contribution >= 0.6 is 0 Å². The summed E-state index contributed by atoms with van der Waals surface area (Å²) in [5, 5.41) is 10.1. The van der Waals surface area contributed by atoms with Gasteiger partial charge in [0.2, 0.25) is 0 Å². The molecule has 3 atom stereocenters. The SMILES string of the molecule is COc1ccc(C(=O)[C@@H]2C(=O)O[C@](C)(CCCC(C)=O)[C@@H]2C)c(O)c1. The highest BCUT2D eigenvalue weighted by atomic mass is 16.6. The molecule has 6 heteroatoms. The van der Waals surface area contributed by atoms with E-state index in [0.29, 0.717) is 25.0 Å². The molecule has 0 aromatic heterocycles. The molecular weight excluding hydrogens is 324 g/mol. The fraction of sp³-hybridized carbons (Fsp3) is 0.526. The zero-order valence-corrected chi connectivity index (χ0v) is 15.0. The van der Waals surface area contributed by atoms with Gasteiger partial charge in [-0.25, -0.2) is 0 Å². The van der Waals surface area contributed by atoms with E-state index in [2.05, 4.69) is 0 Å². The lowest BCUT2D eigenvalue weighted by molar-refractivity contribution is -0.149. The van der Waals surface area contributed by atoms with Crippen LogP contribution in [0.5, 0.6) is 11.5 Å². The zero-order chi connectivity index (χ0) is 18.8. The van der Waals surface area contributed by atoms with Gasteiger partial charge < -0.3 is 19.4 Å². The van der Waals surface area contributed by atoms with Crippen molar-refractivity contribution in [3.05, 3.63) is 23.8 Å². The Morgan fingerprint density at radius 2 is 2.04 bits per heavy atom. The Balaban J connectivity index is 2.20. The zero-order valence-electron chi connectivity index (χ0n) is 15.0. The van der Waals surface area contributed by atoms with E-state index in [9.17, 15) is 19.5 Å². The number of rotatable bonds is 7. The number of carbonyl (C=O) groups excluding carboxylic acids is 3. The van der Waals surface area contributed by atoms with Gasteiger partial charge in [0.25, 0.3) is 0 Å². The van der Waals surface area contributed by atoms with Crippen LogP contribution in [-0.2, 0) is 14.3 Å². The standard InChI is InChI=1S/C19H24O6/c1-11(20)6-5-9-19(3)12(2)16(18(23)25-19)17(22)14-8-7-13(24-4)10-15(14)21/h7-8,10,12,16,21H,5-6,9H2,1-4H3/t12-,16-,19-/m1/s1. The van der Waals surface area contributed by atoms with E-state index in [1.807, 2.05) is 0 Å². The lowest BCUT2D eigenvalue weighted by Crippen LogP contribution is -2.33. The molecular formula is C19H24O6. The third kappa shape index (κ3) is 3.83. The second-order valence-electron chi connectivity index (χ2n) is 6.80. The minimum atomic E-state index is -0.971. The molecule has 0 amide bonds. The summed E-state index contributed by atoms with van der Waals surface area (Å²) in [5.74, 6) is -2.11. The van der Waals surface area contributed by atoms with E-state index in [1.165, 1.54) is 26.2 Å². The molecule has 1 N–H and O–H groups in total. The first-order valence-corrected chi connectivity index (χ1v) is 8.33. The third-order valence-electron chi connectivity index (χ3n) is 5.01. The quantitative estimate of drug-likeness (QED) is 0.463. The van der Waals surface area contributed by atoms with Gasteiger partial charge in [-0.2, -0.15) is 0 Å². The van der Waals surface area contributed by atoms with E-state index in [1.54, 1.807) is 19.9 Å². The Labute approximate surface area is 147 Å². The summed E-state index contributed by atoms with van der Waals surface area (Å²) in [4.78, 5) is 36.2. The van der Waals surface area contributed by atoms with Crippen LogP contribution < -0.4 is 4.74 Å². The summed E-state index contributed by atoms with van der Waals surface area (Å²) in [6.45, 7) is 5.10. The molecule has 1 saturated heterocycles. The lowest BCUT2D eigenvalue weighted by Gasteiger charge is -2.28. The molecule has 6 nitrogen and oxygen atoms in total. The Bertz CT molecular complexity index is 695. The maximum Gasteiger partial charge on any atom is 0.317 e. The molecule has 1 fully saturated rings. The fourth-order valence-corrected chi connectivity index (χ4v) is 3.26. The minimum Gasteiger partial charge on any atom is -0.507 e. The van der Waals surface area contributed by atoms with E-state index in [-0.39, 0.29) is 23.0 Å². The maximum atomic E-state index is 12.8. The number of phenols is 1. The normalized spacial score (nSPS) is 25.5. The van der Waals surface area contributed by atoms with Crippen molar-refractivity contribution in [2.75, 3.05) is 7.11 Å². The average molecular weight is 348 g/mol. The van der Waals surface area contributed by atoms with Crippen LogP contribution in [-0.4, -0.2) is 35.4 Å². The highest BCUT2D eigenvalue weighted by Gasteiger charge is 2.53. The van der Waals surface area contributed by atoms with Crippen LogP contribution in [0.15, 0.2) is 18.2 Å². The number of methoxy groups -OCH3 is 1. The molecule has 0 spiro atoms.